The molecule has 3 rings (SSSR count). The molecule has 0 aliphatic heterocycles. The molecule has 21 heavy (non-hydrogen) atoms. The zero-order valence-electron chi connectivity index (χ0n) is 12.1. The van der Waals surface area contributed by atoms with Gasteiger partial charge >= 0.3 is 5.97 Å². The summed E-state index contributed by atoms with van der Waals surface area (Å²) in [5.74, 6) is -0.534. The van der Waals surface area contributed by atoms with E-state index in [0.717, 1.165) is 12.8 Å². The molecule has 0 bridgehead atoms. The summed E-state index contributed by atoms with van der Waals surface area (Å²) >= 11 is 0. The third-order valence-corrected chi connectivity index (χ3v) is 3.86. The standard InChI is InChI=1S/C16H17N3O2/c1-9-3-10(2)14-6-13(5-11(14)4-9)19-16-17-7-12(8-18-16)15(20)21/h3-4,7-8,13H,5-6H2,1-2H3,(H,20,21)(H,17,18,19). The van der Waals surface area contributed by atoms with Gasteiger partial charge in [0.25, 0.3) is 0 Å². The Bertz CT molecular complexity index is 695. The van der Waals surface area contributed by atoms with Crippen LogP contribution in [0.3, 0.4) is 0 Å². The minimum atomic E-state index is -1.01. The third kappa shape index (κ3) is 2.72. The Morgan fingerprint density at radius 3 is 2.62 bits per heavy atom. The Hall–Kier alpha value is -2.43. The minimum Gasteiger partial charge on any atom is -0.478 e. The van der Waals surface area contributed by atoms with Crippen LogP contribution in [0.2, 0.25) is 0 Å². The summed E-state index contributed by atoms with van der Waals surface area (Å²) < 4.78 is 0. The fourth-order valence-electron chi connectivity index (χ4n) is 2.94. The molecule has 1 atom stereocenters. The maximum absolute atomic E-state index is 10.8. The van der Waals surface area contributed by atoms with Crippen molar-refractivity contribution < 1.29 is 9.90 Å². The van der Waals surface area contributed by atoms with Crippen LogP contribution in [-0.4, -0.2) is 27.1 Å². The number of hydrogen-bond acceptors (Lipinski definition) is 4. The maximum atomic E-state index is 10.8. The van der Waals surface area contributed by atoms with Crippen LogP contribution in [0.5, 0.6) is 0 Å². The van der Waals surface area contributed by atoms with Gasteiger partial charge in [-0.2, -0.15) is 0 Å². The van der Waals surface area contributed by atoms with Gasteiger partial charge in [0, 0.05) is 18.4 Å². The van der Waals surface area contributed by atoms with Crippen molar-refractivity contribution in [2.24, 2.45) is 0 Å². The van der Waals surface area contributed by atoms with Gasteiger partial charge in [-0.3, -0.25) is 0 Å². The zero-order chi connectivity index (χ0) is 15.0. The van der Waals surface area contributed by atoms with Crippen molar-refractivity contribution in [1.82, 2.24) is 9.97 Å². The van der Waals surface area contributed by atoms with E-state index in [9.17, 15) is 4.79 Å². The van der Waals surface area contributed by atoms with E-state index < -0.39 is 5.97 Å². The molecule has 1 heterocycles. The molecule has 0 saturated carbocycles. The number of aromatic carboxylic acids is 1. The number of aryl methyl sites for hydroxylation is 2. The van der Waals surface area contributed by atoms with Crippen LogP contribution in [0.25, 0.3) is 0 Å². The summed E-state index contributed by atoms with van der Waals surface area (Å²) in [6.07, 6.45) is 4.55. The van der Waals surface area contributed by atoms with Gasteiger partial charge < -0.3 is 10.4 Å². The van der Waals surface area contributed by atoms with Crippen molar-refractivity contribution in [3.05, 3.63) is 52.3 Å². The molecule has 108 valence electrons. The van der Waals surface area contributed by atoms with Crippen LogP contribution in [0.15, 0.2) is 24.5 Å². The molecule has 0 radical (unpaired) electrons. The summed E-state index contributed by atoms with van der Waals surface area (Å²) in [5.41, 5.74) is 5.50. The first-order chi connectivity index (χ1) is 10.0. The first kappa shape index (κ1) is 13.5. The van der Waals surface area contributed by atoms with E-state index in [0.29, 0.717) is 5.95 Å². The lowest BCUT2D eigenvalue weighted by Gasteiger charge is -2.11. The summed E-state index contributed by atoms with van der Waals surface area (Å²) in [6.45, 7) is 4.26. The maximum Gasteiger partial charge on any atom is 0.338 e. The van der Waals surface area contributed by atoms with Gasteiger partial charge in [-0.25, -0.2) is 14.8 Å². The number of fused-ring (bicyclic) bond motifs is 1. The zero-order valence-corrected chi connectivity index (χ0v) is 12.1. The SMILES string of the molecule is Cc1cc(C)c2c(c1)CC(Nc1ncc(C(=O)O)cn1)C2. The molecule has 2 N–H and O–H groups in total. The number of rotatable bonds is 3. The number of nitrogens with one attached hydrogen (secondary N) is 1. The van der Waals surface area contributed by atoms with E-state index in [1.807, 2.05) is 0 Å². The Kier molecular flexibility index (Phi) is 3.33. The van der Waals surface area contributed by atoms with Crippen LogP contribution in [0, 0.1) is 13.8 Å². The fourth-order valence-corrected chi connectivity index (χ4v) is 2.94. The minimum absolute atomic E-state index is 0.0988. The number of carboxylic acid groups (broad SMARTS) is 1. The molecule has 0 spiro atoms. The second-order valence-electron chi connectivity index (χ2n) is 5.57. The largest absolute Gasteiger partial charge is 0.478 e. The molecule has 1 aromatic carbocycles. The van der Waals surface area contributed by atoms with Gasteiger partial charge in [0.2, 0.25) is 5.95 Å². The van der Waals surface area contributed by atoms with E-state index in [2.05, 4.69) is 41.3 Å². The summed E-state index contributed by atoms with van der Waals surface area (Å²) in [4.78, 5) is 18.9. The van der Waals surface area contributed by atoms with Crippen LogP contribution in [-0.2, 0) is 12.8 Å². The quantitative estimate of drug-likeness (QED) is 0.904. The molecular formula is C16H17N3O2. The van der Waals surface area contributed by atoms with Crippen molar-refractivity contribution in [3.63, 3.8) is 0 Å². The van der Waals surface area contributed by atoms with E-state index >= 15 is 0 Å². The lowest BCUT2D eigenvalue weighted by atomic mass is 10.0. The molecule has 5 heteroatoms. The normalized spacial score (nSPS) is 16.6. The molecule has 0 saturated heterocycles. The second kappa shape index (κ2) is 5.16. The topological polar surface area (TPSA) is 75.1 Å². The van der Waals surface area contributed by atoms with Gasteiger partial charge in [0.15, 0.2) is 0 Å². The first-order valence-electron chi connectivity index (χ1n) is 6.94. The highest BCUT2D eigenvalue weighted by Crippen LogP contribution is 2.28. The summed E-state index contributed by atoms with van der Waals surface area (Å²) in [5, 5.41) is 12.1. The molecule has 0 amide bonds. The van der Waals surface area contributed by atoms with Crippen LogP contribution >= 0.6 is 0 Å². The number of aromatic nitrogens is 2. The molecule has 1 aliphatic rings. The van der Waals surface area contributed by atoms with Crippen molar-refractivity contribution in [3.8, 4) is 0 Å². The predicted molar refractivity (Wildman–Crippen MR) is 79.7 cm³/mol. The van der Waals surface area contributed by atoms with E-state index in [4.69, 9.17) is 5.11 Å². The predicted octanol–water partition coefficient (Wildman–Crippen LogP) is 2.37. The Labute approximate surface area is 123 Å². The monoisotopic (exact) mass is 283 g/mol. The molecule has 1 unspecified atom stereocenters. The molecular weight excluding hydrogens is 266 g/mol. The fraction of sp³-hybridized carbons (Fsp3) is 0.312. The average Bonchev–Trinajstić information content (AvgIpc) is 2.82. The van der Waals surface area contributed by atoms with Gasteiger partial charge in [-0.1, -0.05) is 17.7 Å². The highest BCUT2D eigenvalue weighted by molar-refractivity contribution is 5.86. The van der Waals surface area contributed by atoms with Gasteiger partial charge in [-0.15, -0.1) is 0 Å². The van der Waals surface area contributed by atoms with Crippen LogP contribution in [0.1, 0.15) is 32.6 Å². The Morgan fingerprint density at radius 2 is 1.95 bits per heavy atom. The van der Waals surface area contributed by atoms with Gasteiger partial charge in [0.05, 0.1) is 5.56 Å². The number of nitrogens with zero attached hydrogens (tertiary/aromatic N) is 2. The summed E-state index contributed by atoms with van der Waals surface area (Å²) in [6, 6.07) is 4.70. The van der Waals surface area contributed by atoms with Crippen molar-refractivity contribution in [1.29, 1.82) is 0 Å². The van der Waals surface area contributed by atoms with Gasteiger partial charge in [0.1, 0.15) is 0 Å². The first-order valence-corrected chi connectivity index (χ1v) is 6.94. The number of carbonyl (C=O) groups is 1. The number of benzene rings is 1. The van der Waals surface area contributed by atoms with Crippen molar-refractivity contribution in [2.45, 2.75) is 32.7 Å². The van der Waals surface area contributed by atoms with Crippen molar-refractivity contribution in [2.75, 3.05) is 5.32 Å². The van der Waals surface area contributed by atoms with E-state index in [1.54, 1.807) is 0 Å². The number of carboxylic acids is 1. The number of anilines is 1. The van der Waals surface area contributed by atoms with E-state index in [1.165, 1.54) is 34.6 Å². The molecule has 1 aliphatic carbocycles. The highest BCUT2D eigenvalue weighted by Gasteiger charge is 2.23. The lowest BCUT2D eigenvalue weighted by molar-refractivity contribution is 0.0696. The average molecular weight is 283 g/mol. The summed E-state index contributed by atoms with van der Waals surface area (Å²) in [7, 11) is 0. The lowest BCUT2D eigenvalue weighted by Crippen LogP contribution is -2.21. The second-order valence-corrected chi connectivity index (χ2v) is 5.57. The van der Waals surface area contributed by atoms with Crippen LogP contribution < -0.4 is 5.32 Å². The number of hydrogen-bond donors (Lipinski definition) is 2. The highest BCUT2D eigenvalue weighted by atomic mass is 16.4. The third-order valence-electron chi connectivity index (χ3n) is 3.86. The van der Waals surface area contributed by atoms with Gasteiger partial charge in [-0.05, 0) is 43.4 Å². The molecule has 0 fully saturated rings. The molecule has 2 aromatic rings. The molecule has 5 nitrogen and oxygen atoms in total. The smallest absolute Gasteiger partial charge is 0.338 e. The van der Waals surface area contributed by atoms with Crippen LogP contribution in [0.4, 0.5) is 5.95 Å². The molecule has 1 aromatic heterocycles. The Morgan fingerprint density at radius 1 is 1.24 bits per heavy atom. The van der Waals surface area contributed by atoms with Crippen molar-refractivity contribution >= 4 is 11.9 Å². The van der Waals surface area contributed by atoms with E-state index in [-0.39, 0.29) is 11.6 Å². The Balaban J connectivity index is 1.73.